The van der Waals surface area contributed by atoms with Gasteiger partial charge in [-0.05, 0) is 63.4 Å². The van der Waals surface area contributed by atoms with Crippen LogP contribution in [-0.2, 0) is 0 Å². The van der Waals surface area contributed by atoms with Crippen molar-refractivity contribution in [2.75, 3.05) is 0 Å². The van der Waals surface area contributed by atoms with Gasteiger partial charge in [-0.25, -0.2) is 9.48 Å². The van der Waals surface area contributed by atoms with Crippen LogP contribution in [0, 0.1) is 13.8 Å². The van der Waals surface area contributed by atoms with Crippen LogP contribution in [0.2, 0.25) is 0 Å². The van der Waals surface area contributed by atoms with Crippen molar-refractivity contribution in [1.29, 1.82) is 0 Å². The smallest absolute Gasteiger partial charge is 0.360 e. The highest BCUT2D eigenvalue weighted by Crippen LogP contribution is 2.30. The number of carbonyl (C=O) groups is 1. The minimum Gasteiger partial charge on any atom is -0.476 e. The lowest BCUT2D eigenvalue weighted by molar-refractivity contribution is 0.0686. The van der Waals surface area contributed by atoms with Gasteiger partial charge >= 0.3 is 5.97 Å². The summed E-state index contributed by atoms with van der Waals surface area (Å²) in [5.74, 6) is -1.34. The van der Waals surface area contributed by atoms with Gasteiger partial charge in [0.1, 0.15) is 0 Å². The molecule has 0 saturated carbocycles. The highest BCUT2D eigenvalue weighted by molar-refractivity contribution is 9.11. The number of aromatic nitrogens is 2. The molecule has 1 aromatic carbocycles. The van der Waals surface area contributed by atoms with E-state index in [0.717, 1.165) is 14.5 Å². The van der Waals surface area contributed by atoms with Gasteiger partial charge in [-0.2, -0.15) is 5.10 Å². The number of carboxylic acid groups (broad SMARTS) is 1. The van der Waals surface area contributed by atoms with Crippen LogP contribution in [0.1, 0.15) is 21.6 Å². The van der Waals surface area contributed by atoms with E-state index in [2.05, 4.69) is 37.0 Å². The number of carboxylic acids is 1. The Labute approximate surface area is 131 Å². The molecule has 0 spiro atoms. The molecule has 0 bridgehead atoms. The summed E-state index contributed by atoms with van der Waals surface area (Å²) in [4.78, 5) is 22.8. The molecule has 7 heteroatoms. The second-order valence-corrected chi connectivity index (χ2v) is 6.03. The van der Waals surface area contributed by atoms with E-state index >= 15 is 0 Å². The number of hydrogen-bond acceptors (Lipinski definition) is 3. The molecule has 0 unspecified atom stereocenters. The molecule has 0 saturated heterocycles. The normalized spacial score (nSPS) is 10.6. The van der Waals surface area contributed by atoms with Crippen LogP contribution >= 0.6 is 31.9 Å². The maximum atomic E-state index is 11.7. The highest BCUT2D eigenvalue weighted by atomic mass is 79.9. The van der Waals surface area contributed by atoms with Crippen LogP contribution in [0.5, 0.6) is 0 Å². The molecule has 1 aromatic heterocycles. The summed E-state index contributed by atoms with van der Waals surface area (Å²) in [7, 11) is 0. The number of aromatic carboxylic acids is 1. The predicted molar refractivity (Wildman–Crippen MR) is 81.7 cm³/mol. The molecule has 0 atom stereocenters. The number of nitrogens with zero attached hydrogens (tertiary/aromatic N) is 2. The zero-order chi connectivity index (χ0) is 15.0. The molecular weight excluding hydrogens is 392 g/mol. The first-order valence-electron chi connectivity index (χ1n) is 5.61. The quantitative estimate of drug-likeness (QED) is 0.839. The Balaban J connectivity index is 2.78. The molecule has 2 aromatic rings. The van der Waals surface area contributed by atoms with Crippen LogP contribution in [0.15, 0.2) is 32.1 Å². The molecule has 0 aliphatic heterocycles. The molecule has 2 rings (SSSR count). The van der Waals surface area contributed by atoms with Gasteiger partial charge in [-0.15, -0.1) is 0 Å². The molecule has 104 valence electrons. The van der Waals surface area contributed by atoms with Crippen LogP contribution in [0.25, 0.3) is 5.69 Å². The first-order valence-corrected chi connectivity index (χ1v) is 7.19. The molecule has 20 heavy (non-hydrogen) atoms. The zero-order valence-electron chi connectivity index (χ0n) is 10.6. The van der Waals surface area contributed by atoms with Crippen LogP contribution < -0.4 is 5.43 Å². The van der Waals surface area contributed by atoms with Crippen molar-refractivity contribution in [3.63, 3.8) is 0 Å². The lowest BCUT2D eigenvalue weighted by Gasteiger charge is -2.12. The largest absolute Gasteiger partial charge is 0.476 e. The summed E-state index contributed by atoms with van der Waals surface area (Å²) in [5, 5.41) is 12.9. The van der Waals surface area contributed by atoms with Gasteiger partial charge in [-0.1, -0.05) is 0 Å². The van der Waals surface area contributed by atoms with Gasteiger partial charge in [0.2, 0.25) is 11.1 Å². The molecule has 0 amide bonds. The monoisotopic (exact) mass is 400 g/mol. The summed E-state index contributed by atoms with van der Waals surface area (Å²) in [6.45, 7) is 3.50. The molecule has 0 aliphatic rings. The van der Waals surface area contributed by atoms with E-state index in [4.69, 9.17) is 5.11 Å². The summed E-state index contributed by atoms with van der Waals surface area (Å²) in [5.41, 5.74) is 0.916. The molecular formula is C13H10Br2N2O3. The third-order valence-corrected chi connectivity index (χ3v) is 3.90. The van der Waals surface area contributed by atoms with Gasteiger partial charge < -0.3 is 5.11 Å². The Morgan fingerprint density at radius 2 is 1.80 bits per heavy atom. The van der Waals surface area contributed by atoms with Gasteiger partial charge in [0, 0.05) is 20.7 Å². The number of halogens is 2. The summed E-state index contributed by atoms with van der Waals surface area (Å²) in [6, 6.07) is 3.77. The van der Waals surface area contributed by atoms with Crippen molar-refractivity contribution in [3.05, 3.63) is 54.3 Å². The topological polar surface area (TPSA) is 72.2 Å². The number of hydrogen-bond donors (Lipinski definition) is 1. The maximum absolute atomic E-state index is 11.7. The van der Waals surface area contributed by atoms with Gasteiger partial charge in [0.25, 0.3) is 0 Å². The van der Waals surface area contributed by atoms with E-state index in [1.165, 1.54) is 10.9 Å². The van der Waals surface area contributed by atoms with E-state index in [9.17, 15) is 9.59 Å². The lowest BCUT2D eigenvalue weighted by atomic mass is 10.2. The second kappa shape index (κ2) is 5.49. The molecule has 1 heterocycles. The standard InChI is InChI=1S/C13H10Br2N2O3/c1-6-3-8(14)11(9(15)4-6)17-5-7(2)12(18)10(16-17)13(19)20/h3-5H,1-2H3,(H,19,20). The number of aryl methyl sites for hydroxylation is 2. The number of rotatable bonds is 2. The number of benzene rings is 1. The maximum Gasteiger partial charge on any atom is 0.360 e. The Kier molecular flexibility index (Phi) is 4.10. The van der Waals surface area contributed by atoms with Crippen LogP contribution in [0.3, 0.4) is 0 Å². The Morgan fingerprint density at radius 3 is 2.30 bits per heavy atom. The van der Waals surface area contributed by atoms with E-state index < -0.39 is 17.1 Å². The van der Waals surface area contributed by atoms with Crippen molar-refractivity contribution in [3.8, 4) is 5.69 Å². The minimum atomic E-state index is -1.34. The van der Waals surface area contributed by atoms with E-state index in [1.54, 1.807) is 6.92 Å². The van der Waals surface area contributed by atoms with Crippen molar-refractivity contribution < 1.29 is 9.90 Å². The fourth-order valence-corrected chi connectivity index (χ4v) is 3.56. The molecule has 0 fully saturated rings. The Morgan fingerprint density at radius 1 is 1.25 bits per heavy atom. The fourth-order valence-electron chi connectivity index (χ4n) is 1.78. The minimum absolute atomic E-state index is 0.316. The van der Waals surface area contributed by atoms with Crippen molar-refractivity contribution in [2.24, 2.45) is 0 Å². The van der Waals surface area contributed by atoms with Gasteiger partial charge in [0.05, 0.1) is 5.69 Å². The fraction of sp³-hybridized carbons (Fsp3) is 0.154. The van der Waals surface area contributed by atoms with Crippen molar-refractivity contribution >= 4 is 37.8 Å². The predicted octanol–water partition coefficient (Wildman–Crippen LogP) is 3.07. The summed E-state index contributed by atoms with van der Waals surface area (Å²) < 4.78 is 2.88. The molecule has 5 nitrogen and oxygen atoms in total. The van der Waals surface area contributed by atoms with E-state index in [0.29, 0.717) is 11.3 Å². The SMILES string of the molecule is Cc1cc(Br)c(-n2cc(C)c(=O)c(C(=O)O)n2)c(Br)c1. The summed E-state index contributed by atoms with van der Waals surface area (Å²) in [6.07, 6.45) is 1.51. The van der Waals surface area contributed by atoms with Crippen LogP contribution in [0.4, 0.5) is 0 Å². The first kappa shape index (κ1) is 14.9. The molecule has 1 N–H and O–H groups in total. The second-order valence-electron chi connectivity index (χ2n) is 4.32. The Hall–Kier alpha value is -1.47. The summed E-state index contributed by atoms with van der Waals surface area (Å²) >= 11 is 6.85. The first-order chi connectivity index (χ1) is 9.31. The third-order valence-electron chi connectivity index (χ3n) is 2.69. The van der Waals surface area contributed by atoms with Crippen molar-refractivity contribution in [2.45, 2.75) is 13.8 Å². The zero-order valence-corrected chi connectivity index (χ0v) is 13.8. The van der Waals surface area contributed by atoms with Gasteiger partial charge in [-0.3, -0.25) is 4.79 Å². The third kappa shape index (κ3) is 2.69. The lowest BCUT2D eigenvalue weighted by Crippen LogP contribution is -2.23. The van der Waals surface area contributed by atoms with Crippen LogP contribution in [-0.4, -0.2) is 20.9 Å². The highest BCUT2D eigenvalue weighted by Gasteiger charge is 2.16. The Bertz CT molecular complexity index is 746. The van der Waals surface area contributed by atoms with Gasteiger partial charge in [0.15, 0.2) is 0 Å². The molecule has 0 aliphatic carbocycles. The average Bonchev–Trinajstić information content (AvgIpc) is 2.31. The average molecular weight is 402 g/mol. The van der Waals surface area contributed by atoms with E-state index in [1.807, 2.05) is 19.1 Å². The van der Waals surface area contributed by atoms with E-state index in [-0.39, 0.29) is 0 Å². The molecule has 0 radical (unpaired) electrons. The van der Waals surface area contributed by atoms with Crippen molar-refractivity contribution in [1.82, 2.24) is 9.78 Å².